The van der Waals surface area contributed by atoms with Gasteiger partial charge in [0.05, 0.1) is 0 Å². The average molecular weight is 98.0 g/mol. The van der Waals surface area contributed by atoms with Crippen LogP contribution in [0.5, 0.6) is 0 Å². The van der Waals surface area contributed by atoms with Gasteiger partial charge >= 0.3 is 59.1 Å². The Hall–Kier alpha value is 1.88. The summed E-state index contributed by atoms with van der Waals surface area (Å²) in [5.74, 6) is 0. The largest absolute Gasteiger partial charge is 1.00 e. The summed E-state index contributed by atoms with van der Waals surface area (Å²) in [5.41, 5.74) is 0. The number of rotatable bonds is 0. The molecule has 0 spiro atoms. The summed E-state index contributed by atoms with van der Waals surface area (Å²) in [4.78, 5) is 0. The van der Waals surface area contributed by atoms with Crippen molar-refractivity contribution >= 4 is 0 Å². The molecule has 0 saturated carbocycles. The molecule has 0 aliphatic carbocycles. The summed E-state index contributed by atoms with van der Waals surface area (Å²) in [6.45, 7) is 0. The van der Waals surface area contributed by atoms with Crippen LogP contribution in [0.1, 0.15) is 1.43 Å². The Balaban J connectivity index is -0.000000000833. The van der Waals surface area contributed by atoms with Crippen LogP contribution in [0.2, 0.25) is 0 Å². The molecule has 0 bridgehead atoms. The third-order valence-corrected chi connectivity index (χ3v) is 0. The van der Waals surface area contributed by atoms with Crippen LogP contribution in [0.4, 0.5) is 0 Å². The minimum absolute atomic E-state index is 0. The van der Waals surface area contributed by atoms with Gasteiger partial charge in [0.1, 0.15) is 0 Å². The molecule has 0 fully saturated rings. The number of hydrogen-bond acceptors (Lipinski definition) is 3. The molecule has 0 amide bonds. The first-order valence-corrected chi connectivity index (χ1v) is 0.200. The maximum atomic E-state index is 6.00. The predicted molar refractivity (Wildman–Crippen MR) is 8.31 cm³/mol. The van der Waals surface area contributed by atoms with Crippen LogP contribution >= 0.6 is 0 Å². The molecule has 24 valence electrons. The molecule has 0 aromatic heterocycles. The Morgan fingerprint density at radius 2 is 1.00 bits per heavy atom. The normalized spacial score (nSPS) is 1.20. The first-order valence-electron chi connectivity index (χ1n) is 0.200. The maximum Gasteiger partial charge on any atom is 1.00 e. The second-order valence-corrected chi connectivity index (χ2v) is 0. The molecule has 0 unspecified atom stereocenters. The SMILES string of the molecule is OO.[H-].[Na+].[Na+].[OH-]. The van der Waals surface area contributed by atoms with Crippen molar-refractivity contribution in [3.63, 3.8) is 0 Å². The van der Waals surface area contributed by atoms with Crippen molar-refractivity contribution in [2.24, 2.45) is 0 Å². The zero-order valence-electron chi connectivity index (χ0n) is 4.34. The van der Waals surface area contributed by atoms with Gasteiger partial charge in [0.2, 0.25) is 0 Å². The number of hydrogen-bond donors (Lipinski definition) is 2. The van der Waals surface area contributed by atoms with Gasteiger partial charge in [-0.1, -0.05) is 0 Å². The molecular formula is H4Na2O3. The summed E-state index contributed by atoms with van der Waals surface area (Å²) in [5, 5.41) is 12.0. The van der Waals surface area contributed by atoms with Crippen molar-refractivity contribution in [3.8, 4) is 0 Å². The molecule has 0 aliphatic rings. The Morgan fingerprint density at radius 3 is 1.00 bits per heavy atom. The average Bonchev–Trinajstić information content (AvgIpc) is 1.00. The molecule has 0 aliphatic heterocycles. The van der Waals surface area contributed by atoms with Gasteiger partial charge in [0.15, 0.2) is 0 Å². The smallest absolute Gasteiger partial charge is 1.00 e. The minimum Gasteiger partial charge on any atom is -1.00 e. The van der Waals surface area contributed by atoms with Crippen molar-refractivity contribution in [1.82, 2.24) is 0 Å². The van der Waals surface area contributed by atoms with Gasteiger partial charge < -0.3 is 6.90 Å². The van der Waals surface area contributed by atoms with Gasteiger partial charge in [0.25, 0.3) is 0 Å². The fourth-order valence-corrected chi connectivity index (χ4v) is 0. The van der Waals surface area contributed by atoms with Crippen molar-refractivity contribution in [1.29, 1.82) is 0 Å². The topological polar surface area (TPSA) is 70.5 Å². The van der Waals surface area contributed by atoms with E-state index in [-0.39, 0.29) is 66.0 Å². The third kappa shape index (κ3) is 25.0. The van der Waals surface area contributed by atoms with Crippen molar-refractivity contribution in [2.75, 3.05) is 0 Å². The molecule has 5 heteroatoms. The Bertz CT molecular complexity index is 8.75. The van der Waals surface area contributed by atoms with Crippen LogP contribution in [0.15, 0.2) is 0 Å². The fraction of sp³-hybridized carbons (Fsp3) is 0. The van der Waals surface area contributed by atoms with E-state index in [4.69, 9.17) is 10.5 Å². The molecule has 0 heterocycles. The van der Waals surface area contributed by atoms with Crippen LogP contribution in [0.3, 0.4) is 0 Å². The zero-order valence-corrected chi connectivity index (χ0v) is 7.34. The van der Waals surface area contributed by atoms with Gasteiger partial charge in [0, 0.05) is 0 Å². The predicted octanol–water partition coefficient (Wildman–Crippen LogP) is -6.04. The van der Waals surface area contributed by atoms with Crippen LogP contribution in [-0.4, -0.2) is 16.0 Å². The summed E-state index contributed by atoms with van der Waals surface area (Å²) in [6, 6.07) is 0. The standard InChI is InChI=1S/2Na.H2O2.H2O.H/c;;1-2;;/h;;1-2H;1H2;/q2*+1;;;-1/p-1. The molecule has 0 aromatic carbocycles. The van der Waals surface area contributed by atoms with Crippen LogP contribution < -0.4 is 59.1 Å². The van der Waals surface area contributed by atoms with Gasteiger partial charge in [-0.3, -0.25) is 10.5 Å². The zero-order chi connectivity index (χ0) is 2.00. The molecule has 0 aromatic rings. The second-order valence-electron chi connectivity index (χ2n) is 0. The van der Waals surface area contributed by atoms with Gasteiger partial charge in [-0.25, -0.2) is 0 Å². The minimum atomic E-state index is 0. The van der Waals surface area contributed by atoms with Gasteiger partial charge in [-0.15, -0.1) is 0 Å². The molecule has 0 saturated heterocycles. The van der Waals surface area contributed by atoms with E-state index in [2.05, 4.69) is 0 Å². The van der Waals surface area contributed by atoms with E-state index in [0.717, 1.165) is 0 Å². The van der Waals surface area contributed by atoms with E-state index >= 15 is 0 Å². The van der Waals surface area contributed by atoms with E-state index in [9.17, 15) is 0 Å². The Labute approximate surface area is 75.7 Å². The molecule has 0 rings (SSSR count). The Kier molecular flexibility index (Phi) is 227. The van der Waals surface area contributed by atoms with E-state index in [1.165, 1.54) is 0 Å². The maximum absolute atomic E-state index is 6.00. The van der Waals surface area contributed by atoms with Crippen LogP contribution in [0, 0.1) is 0 Å². The fourth-order valence-electron chi connectivity index (χ4n) is 0. The van der Waals surface area contributed by atoms with Gasteiger partial charge in [-0.2, -0.15) is 0 Å². The summed E-state index contributed by atoms with van der Waals surface area (Å²) < 4.78 is 0. The van der Waals surface area contributed by atoms with Crippen LogP contribution in [-0.2, 0) is 0 Å². The van der Waals surface area contributed by atoms with Gasteiger partial charge in [-0.05, 0) is 0 Å². The molecule has 5 heavy (non-hydrogen) atoms. The summed E-state index contributed by atoms with van der Waals surface area (Å²) >= 11 is 0. The molecular weight excluding hydrogens is 94.0 g/mol. The monoisotopic (exact) mass is 98.0 g/mol. The van der Waals surface area contributed by atoms with E-state index in [0.29, 0.717) is 0 Å². The Morgan fingerprint density at radius 1 is 1.00 bits per heavy atom. The first kappa shape index (κ1) is 28.7. The van der Waals surface area contributed by atoms with Crippen molar-refractivity contribution < 1.29 is 76.5 Å². The second kappa shape index (κ2) is 39.6. The van der Waals surface area contributed by atoms with Crippen LogP contribution in [0.25, 0.3) is 0 Å². The van der Waals surface area contributed by atoms with E-state index in [1.54, 1.807) is 0 Å². The van der Waals surface area contributed by atoms with Crippen molar-refractivity contribution in [2.45, 2.75) is 0 Å². The third-order valence-electron chi connectivity index (χ3n) is 0. The molecule has 3 N–H and O–H groups in total. The van der Waals surface area contributed by atoms with E-state index in [1.807, 2.05) is 0 Å². The first-order chi connectivity index (χ1) is 1.00. The molecule has 0 radical (unpaired) electrons. The molecule has 0 atom stereocenters. The van der Waals surface area contributed by atoms with E-state index < -0.39 is 0 Å². The summed E-state index contributed by atoms with van der Waals surface area (Å²) in [6.07, 6.45) is 0. The summed E-state index contributed by atoms with van der Waals surface area (Å²) in [7, 11) is 0. The molecule has 3 nitrogen and oxygen atoms in total. The quantitative estimate of drug-likeness (QED) is 0.180. The van der Waals surface area contributed by atoms with Crippen molar-refractivity contribution in [3.05, 3.63) is 0 Å².